The largest absolute Gasteiger partial charge is 1.00 e. The van der Waals surface area contributed by atoms with Gasteiger partial charge in [-0.1, -0.05) is 47.2 Å². The maximum Gasteiger partial charge on any atom is 1.00 e. The number of hydrogen-bond acceptors (Lipinski definition) is 16. The number of fused-ring (bicyclic) bond motifs is 8. The average molecular weight is 1980 g/mol. The number of Topliss-reactive ketones (excluding diaryl/α,β-unsaturated/α-hetero) is 2. The maximum absolute atomic E-state index is 15.5. The van der Waals surface area contributed by atoms with Crippen molar-refractivity contribution in [3.8, 4) is 45.9 Å². The number of nitrogens with zero attached hydrogens (tertiary/aromatic N) is 10. The van der Waals surface area contributed by atoms with Crippen LogP contribution in [-0.2, 0) is 106 Å². The van der Waals surface area contributed by atoms with Crippen LogP contribution < -0.4 is 34.3 Å². The molecule has 0 radical (unpaired) electrons. The van der Waals surface area contributed by atoms with Crippen LogP contribution in [0, 0.1) is 72.6 Å². The Morgan fingerprint density at radius 3 is 1.26 bits per heavy atom. The van der Waals surface area contributed by atoms with Crippen molar-refractivity contribution in [2.24, 2.45) is 11.8 Å². The summed E-state index contributed by atoms with van der Waals surface area (Å²) in [6, 6.07) is 15.9. The summed E-state index contributed by atoms with van der Waals surface area (Å²) in [5.41, 5.74) is -0.389. The van der Waals surface area contributed by atoms with E-state index in [2.05, 4.69) is 53.8 Å². The molecule has 14 rings (SSSR count). The minimum absolute atomic E-state index is 0. The van der Waals surface area contributed by atoms with Crippen molar-refractivity contribution in [1.82, 2.24) is 49.1 Å². The van der Waals surface area contributed by atoms with E-state index in [0.29, 0.717) is 44.0 Å². The van der Waals surface area contributed by atoms with Gasteiger partial charge in [-0.05, 0) is 163 Å². The predicted molar refractivity (Wildman–Crippen MR) is 440 cm³/mol. The molecule has 6 aromatic heterocycles. The number of aromatic nitrogens is 10. The Balaban J connectivity index is 0.000000238. The van der Waals surface area contributed by atoms with E-state index in [1.807, 2.05) is 0 Å². The van der Waals surface area contributed by atoms with E-state index in [1.165, 1.54) is 76.2 Å². The van der Waals surface area contributed by atoms with Crippen LogP contribution in [0.15, 0.2) is 84.9 Å². The number of sulfone groups is 3. The van der Waals surface area contributed by atoms with Crippen molar-refractivity contribution < 1.29 is 134 Å². The molecule has 4 aliphatic rings. The van der Waals surface area contributed by atoms with Gasteiger partial charge in [-0.2, -0.15) is 64.3 Å². The van der Waals surface area contributed by atoms with Crippen LogP contribution in [0.5, 0.6) is 0 Å². The van der Waals surface area contributed by atoms with Crippen LogP contribution in [0.3, 0.4) is 0 Å². The van der Waals surface area contributed by atoms with E-state index in [-0.39, 0.29) is 196 Å². The molecule has 0 spiro atoms. The molecule has 1 N–H and O–H groups in total. The Labute approximate surface area is 751 Å². The number of carbonyl (C=O) groups excluding carboxylic acids is 2. The second-order valence-corrected chi connectivity index (χ2v) is 42.1. The smallest absolute Gasteiger partial charge is 0.298 e. The van der Waals surface area contributed by atoms with Gasteiger partial charge in [-0.3, -0.25) is 33.0 Å². The molecule has 6 atom stereocenters. The van der Waals surface area contributed by atoms with Crippen molar-refractivity contribution in [3.63, 3.8) is 0 Å². The van der Waals surface area contributed by atoms with Crippen molar-refractivity contribution >= 4 is 126 Å². The van der Waals surface area contributed by atoms with Crippen molar-refractivity contribution in [2.45, 2.75) is 169 Å². The van der Waals surface area contributed by atoms with E-state index in [1.54, 1.807) is 13.8 Å². The van der Waals surface area contributed by atoms with Gasteiger partial charge in [0.25, 0.3) is 11.8 Å². The molecule has 21 nitrogen and oxygen atoms in total. The van der Waals surface area contributed by atoms with Gasteiger partial charge in [-0.25, -0.2) is 61.2 Å². The van der Waals surface area contributed by atoms with E-state index >= 15 is 17.6 Å². The predicted octanol–water partition coefficient (Wildman–Crippen LogP) is 13.5. The Morgan fingerprint density at radius 1 is 0.532 bits per heavy atom. The summed E-state index contributed by atoms with van der Waals surface area (Å²) < 4.78 is 307. The summed E-state index contributed by atoms with van der Waals surface area (Å²) in [4.78, 5) is 37.7. The molecule has 4 aliphatic carbocycles. The summed E-state index contributed by atoms with van der Waals surface area (Å²) >= 11 is 13.1. The number of anilines is 1. The first-order chi connectivity index (χ1) is 56.3. The normalized spacial score (nSPS) is 17.5. The van der Waals surface area contributed by atoms with Crippen LogP contribution in [0.25, 0.3) is 44.1 Å². The fraction of sp³-hybridized carbons (Fsp3) is 0.407. The van der Waals surface area contributed by atoms with E-state index in [0.717, 1.165) is 58.7 Å². The topological polar surface area (TPSA) is 280 Å². The zero-order chi connectivity index (χ0) is 89.5. The molecule has 0 aliphatic heterocycles. The SMILES string of the molecule is Cc1nn(CC(=O)C[C@@H](Cc2cc(F)cc(F)c2)c2nc(C#CC(C)(C)S(C)(=O)=O)ccc2-c2ccc(Cl)c3c(CS(C)(=O)=O)nn(CC(F)(F)F)c23)c2c1[C@H]1C[C@H]1C2(F)F.Cc1nn(CC(=O)C[C@@H](Cc2cc(F)cc(F)c2)c2nc(C#CC(C)(C)S(C)(=O)=O)ccc2-c2ccc(Cl)c3c(NS(C)(=O)=O)nn(CC(F)(F)F)c23)c2c1[C@H]1C[C@H]1C2(F)F.I.[Na+]. The van der Waals surface area contributed by atoms with E-state index in [4.69, 9.17) is 28.2 Å². The van der Waals surface area contributed by atoms with Gasteiger partial charge in [0.05, 0.1) is 66.9 Å². The Bertz CT molecular complexity index is 6240. The molecule has 0 bridgehead atoms. The third-order valence-electron chi connectivity index (χ3n) is 21.8. The number of aryl methyl sites for hydroxylation is 2. The molecule has 2 saturated carbocycles. The van der Waals surface area contributed by atoms with Gasteiger partial charge in [0.2, 0.25) is 10.0 Å². The average Bonchev–Trinajstić information content (AvgIpc) is 1.53. The quantitative estimate of drug-likeness (QED) is 0.0255. The molecule has 0 unspecified atom stereocenters. The molecule has 124 heavy (non-hydrogen) atoms. The second kappa shape index (κ2) is 34.5. The van der Waals surface area contributed by atoms with Gasteiger partial charge in [0.1, 0.15) is 81.7 Å². The number of alkyl halides is 10. The number of carbonyl (C=O) groups is 2. The van der Waals surface area contributed by atoms with Crippen LogP contribution in [0.4, 0.5) is 67.3 Å². The van der Waals surface area contributed by atoms with Crippen LogP contribution in [0.2, 0.25) is 10.0 Å². The molecule has 6 heterocycles. The van der Waals surface area contributed by atoms with Gasteiger partial charge >= 0.3 is 41.9 Å². The fourth-order valence-electron chi connectivity index (χ4n) is 15.8. The third kappa shape index (κ3) is 20.5. The molecular formula is C81H74Cl2F14IN11NaO10S4+. The fourth-order valence-corrected chi connectivity index (χ4v) is 17.9. The Hall–Kier alpha value is -8.07. The summed E-state index contributed by atoms with van der Waals surface area (Å²) in [5.74, 6) is -7.30. The molecule has 0 saturated heterocycles. The second-order valence-electron chi connectivity index (χ2n) is 32.2. The van der Waals surface area contributed by atoms with Crippen LogP contribution >= 0.6 is 47.2 Å². The number of rotatable bonds is 24. The number of ketones is 2. The Kier molecular flexibility index (Phi) is 26.9. The minimum Gasteiger partial charge on any atom is -0.298 e. The van der Waals surface area contributed by atoms with Crippen molar-refractivity contribution in [1.29, 1.82) is 0 Å². The zero-order valence-corrected chi connectivity index (χ0v) is 76.6. The molecule has 656 valence electrons. The molecule has 10 aromatic rings. The van der Waals surface area contributed by atoms with Gasteiger partial charge in [-0.15, -0.1) is 24.0 Å². The number of pyridine rings is 2. The van der Waals surface area contributed by atoms with Crippen LogP contribution in [-0.4, -0.2) is 141 Å². The number of sulfonamides is 1. The van der Waals surface area contributed by atoms with Gasteiger partial charge in [0.15, 0.2) is 46.9 Å². The summed E-state index contributed by atoms with van der Waals surface area (Å²) in [7, 11) is -15.5. The first kappa shape index (κ1) is 96.6. The zero-order valence-electron chi connectivity index (χ0n) is 67.5. The number of halogens is 17. The summed E-state index contributed by atoms with van der Waals surface area (Å²) in [6.07, 6.45) is -7.37. The summed E-state index contributed by atoms with van der Waals surface area (Å²) in [6.45, 7) is 3.87. The molecule has 4 aromatic carbocycles. The van der Waals surface area contributed by atoms with E-state index in [9.17, 15) is 87.2 Å². The van der Waals surface area contributed by atoms with Crippen molar-refractivity contribution in [3.05, 3.63) is 192 Å². The molecule has 0 amide bonds. The monoisotopic (exact) mass is 1970 g/mol. The molecule has 43 heteroatoms. The molecule has 2 fully saturated rings. The number of hydrogen-bond donors (Lipinski definition) is 1. The van der Waals surface area contributed by atoms with Crippen molar-refractivity contribution in [2.75, 3.05) is 29.7 Å². The maximum atomic E-state index is 15.5. The standard InChI is InChI=1S/C41H37ClF7N5O5S2.C40H36ClF7N6O5S2.HI.Na/c1-21-34-30-17-31(30)41(48,49)38(34)53(51-21)18-27(55)15-23(12-22-13-24(43)16-25(44)14-22)36-28(7-6-26(50-36)10-11-39(2,3)61(5,58)59)29-8-9-32(42)35-33(19-60(4,56)57)52-54(37(29)35)20-40(45,46)47;1-20-32-29-17-30(29)40(47,48)36(32)53(50-20)18-26(55)15-22(12-21-13-23(42)16-24(43)14-21)34-27(7-6-25(49-34)10-11-38(2,3)60(4,56)57)28-8-9-31(41)33-35(28)54(19-39(44,45)46)51-37(33)52-61(5,58)59;;/h6-9,13-14,16,23,30-31H,12,15,17-20H2,1-5H3;6-9,13-14,16,22,29-30H,12,15,17-19H2,1-5H3,(H,51,52);1H;/q;;;+1/t23-,30+,31-;22-,29+,30-;;/m11../s1. The number of benzene rings is 4. The van der Waals surface area contributed by atoms with Gasteiger partial charge < -0.3 is 0 Å². The first-order valence-electron chi connectivity index (χ1n) is 37.3. The first-order valence-corrected chi connectivity index (χ1v) is 45.7. The van der Waals surface area contributed by atoms with Gasteiger partial charge in [0, 0.05) is 106 Å². The Morgan fingerprint density at radius 2 is 0.895 bits per heavy atom. The molecular weight excluding hydrogens is 1900 g/mol. The van der Waals surface area contributed by atoms with Crippen LogP contribution in [0.1, 0.15) is 151 Å². The minimum atomic E-state index is -4.90. The third-order valence-corrected chi connectivity index (χ3v) is 27.7. The van der Waals surface area contributed by atoms with E-state index < -0.39 is 182 Å². The number of nitrogens with one attached hydrogen (secondary N) is 1. The summed E-state index contributed by atoms with van der Waals surface area (Å²) in [5, 5.41) is 15.8.